The fourth-order valence-corrected chi connectivity index (χ4v) is 11.4. The summed E-state index contributed by atoms with van der Waals surface area (Å²) in [7, 11) is 3.34. The van der Waals surface area contributed by atoms with Gasteiger partial charge >= 0.3 is 6.18 Å². The molecule has 2 aliphatic heterocycles. The van der Waals surface area contributed by atoms with Gasteiger partial charge in [-0.05, 0) is 107 Å². The summed E-state index contributed by atoms with van der Waals surface area (Å²) in [5.41, 5.74) is -1.19. The van der Waals surface area contributed by atoms with Crippen molar-refractivity contribution in [2.75, 3.05) is 55.9 Å². The Morgan fingerprint density at radius 1 is 0.756 bits per heavy atom. The summed E-state index contributed by atoms with van der Waals surface area (Å²) in [6.07, 6.45) is -3.94. The molecule has 4 amide bonds. The van der Waals surface area contributed by atoms with Crippen LogP contribution in [-0.2, 0) is 29.5 Å². The normalized spacial score (nSPS) is 18.0. The lowest BCUT2D eigenvalue weighted by Gasteiger charge is -2.37. The van der Waals surface area contributed by atoms with E-state index in [0.717, 1.165) is 36.5 Å². The summed E-state index contributed by atoms with van der Waals surface area (Å²) >= 11 is 12.5. The molecule has 0 aliphatic carbocycles. The van der Waals surface area contributed by atoms with E-state index in [9.17, 15) is 42.4 Å². The Morgan fingerprint density at radius 3 is 2.01 bits per heavy atom. The van der Waals surface area contributed by atoms with Gasteiger partial charge in [-0.1, -0.05) is 105 Å². The topological polar surface area (TPSA) is 201 Å². The third-order valence-electron chi connectivity index (χ3n) is 15.4. The van der Waals surface area contributed by atoms with Gasteiger partial charge in [0.25, 0.3) is 17.7 Å². The number of alkyl halides is 3. The van der Waals surface area contributed by atoms with Crippen LogP contribution < -0.4 is 41.8 Å². The van der Waals surface area contributed by atoms with Gasteiger partial charge in [0.1, 0.15) is 22.8 Å². The van der Waals surface area contributed by atoms with Crippen molar-refractivity contribution >= 4 is 63.9 Å². The number of hydrogen-bond acceptors (Lipinski definition) is 10. The number of H-pyrrole nitrogens is 1. The van der Waals surface area contributed by atoms with Crippen molar-refractivity contribution in [3.05, 3.63) is 210 Å². The summed E-state index contributed by atoms with van der Waals surface area (Å²) in [5, 5.41) is 25.6. The van der Waals surface area contributed by atoms with Crippen molar-refractivity contribution in [2.45, 2.75) is 69.9 Å². The average molecular weight is 1220 g/mol. The van der Waals surface area contributed by atoms with E-state index >= 15 is 8.78 Å². The Bertz CT molecular complexity index is 3830. The maximum absolute atomic E-state index is 16.2. The number of nitrogens with zero attached hydrogens (tertiary/aromatic N) is 3. The van der Waals surface area contributed by atoms with E-state index in [0.29, 0.717) is 41.5 Å². The number of halogens is 7. The van der Waals surface area contributed by atoms with Crippen LogP contribution in [0.5, 0.6) is 5.75 Å². The Labute approximate surface area is 502 Å². The molecule has 9 rings (SSSR count). The monoisotopic (exact) mass is 1220 g/mol. The first kappa shape index (κ1) is 61.9. The van der Waals surface area contributed by atoms with Crippen LogP contribution in [-0.4, -0.2) is 85.9 Å². The number of amides is 4. The largest absolute Gasteiger partial charge is 0.495 e. The minimum atomic E-state index is -4.96. The number of ether oxygens (including phenoxy) is 1. The van der Waals surface area contributed by atoms with Crippen molar-refractivity contribution in [3.63, 3.8) is 0 Å². The van der Waals surface area contributed by atoms with Crippen molar-refractivity contribution in [2.24, 2.45) is 5.41 Å². The molecule has 1 aromatic heterocycles. The van der Waals surface area contributed by atoms with Crippen molar-refractivity contribution < 1.29 is 45.9 Å². The number of nitrogens with one attached hydrogen (secondary N) is 6. The molecule has 15 nitrogen and oxygen atoms in total. The van der Waals surface area contributed by atoms with Crippen LogP contribution in [0.2, 0.25) is 10.0 Å². The van der Waals surface area contributed by atoms with Crippen molar-refractivity contribution in [1.82, 2.24) is 25.8 Å². The molecular weight excluding hydrogens is 1160 g/mol. The Hall–Kier alpha value is -8.61. The number of aromatic nitrogens is 1. The number of anilines is 3. The van der Waals surface area contributed by atoms with Crippen molar-refractivity contribution in [3.8, 4) is 22.9 Å². The molecule has 0 bridgehead atoms. The summed E-state index contributed by atoms with van der Waals surface area (Å²) in [6, 6.07) is 32.2. The van der Waals surface area contributed by atoms with E-state index < -0.39 is 81.1 Å². The van der Waals surface area contributed by atoms with Gasteiger partial charge < -0.3 is 46.1 Å². The van der Waals surface area contributed by atoms with E-state index in [1.165, 1.54) is 55.6 Å². The highest BCUT2D eigenvalue weighted by Crippen LogP contribution is 2.53. The first-order chi connectivity index (χ1) is 40.9. The molecule has 4 atom stereocenters. The van der Waals surface area contributed by atoms with Gasteiger partial charge in [-0.3, -0.25) is 24.0 Å². The van der Waals surface area contributed by atoms with Crippen molar-refractivity contribution in [1.29, 1.82) is 5.26 Å². The van der Waals surface area contributed by atoms with Crippen LogP contribution in [0.1, 0.15) is 92.0 Å². The smallest absolute Gasteiger partial charge is 0.417 e. The second kappa shape index (κ2) is 25.5. The van der Waals surface area contributed by atoms with Gasteiger partial charge in [0, 0.05) is 85.2 Å². The molecule has 0 radical (unpaired) electrons. The predicted molar refractivity (Wildman–Crippen MR) is 320 cm³/mol. The van der Waals surface area contributed by atoms with E-state index in [1.807, 2.05) is 38.8 Å². The van der Waals surface area contributed by atoms with Crippen LogP contribution in [0.4, 0.5) is 39.0 Å². The minimum absolute atomic E-state index is 0.0711. The number of benzene rings is 6. The number of carbonyl (C=O) groups excluding carboxylic acids is 4. The lowest BCUT2D eigenvalue weighted by Crippen LogP contribution is -2.45. The van der Waals surface area contributed by atoms with Gasteiger partial charge in [-0.25, -0.2) is 8.78 Å². The molecule has 2 saturated heterocycles. The number of piperazine rings is 1. The quantitative estimate of drug-likeness (QED) is 0.0506. The van der Waals surface area contributed by atoms with Crippen LogP contribution in [0.3, 0.4) is 0 Å². The van der Waals surface area contributed by atoms with Gasteiger partial charge in [-0.2, -0.15) is 18.4 Å². The fourth-order valence-electron chi connectivity index (χ4n) is 11.1. The van der Waals surface area contributed by atoms with Crippen LogP contribution >= 0.6 is 23.2 Å². The third kappa shape index (κ3) is 13.6. The van der Waals surface area contributed by atoms with Gasteiger partial charge in [0.2, 0.25) is 11.5 Å². The first-order valence-electron chi connectivity index (χ1n) is 27.4. The second-order valence-electron chi connectivity index (χ2n) is 22.4. The van der Waals surface area contributed by atoms with Gasteiger partial charge in [-0.15, -0.1) is 0 Å². The van der Waals surface area contributed by atoms with E-state index in [4.69, 9.17) is 27.9 Å². The molecule has 2 fully saturated rings. The van der Waals surface area contributed by atoms with Gasteiger partial charge in [0.05, 0.1) is 52.4 Å². The number of nitriles is 1. The van der Waals surface area contributed by atoms with E-state index in [2.05, 4.69) is 42.5 Å². The standard InChI is InChI=1S/C64H60Cl2F5N9O6/c1-62(2,3)31-53-63(35-72,45-20-19-42(65)29-48(45)67)55(43-7-6-8-47(66)56(43)68)57(78-53)61(85)76-49-21-17-41(28-52(49)86-5)59(83)75-33-37-11-9-36(10-12-37)32-74-58(82)39-15-13-38(14-16-39)40-18-22-51(80-25-23-79(4)24-26-80)50(27-40)77-60(84)44-34-73-54(81)30-46(44)64(69,70)71/h6-22,27-30,34,53,55,57,78H,23-26,31-33H2,1-5H3,(H,73,81)(H,74,82)(H,75,83)(H,76,85)(H,77,84)/t53-,55-,57+,63-/m0/s1. The molecule has 22 heteroatoms. The summed E-state index contributed by atoms with van der Waals surface area (Å²) in [5.74, 6) is -5.45. The molecule has 3 heterocycles. The molecule has 0 unspecified atom stereocenters. The Kier molecular flexibility index (Phi) is 18.4. The number of carbonyl (C=O) groups is 4. The van der Waals surface area contributed by atoms with E-state index in [1.54, 1.807) is 60.7 Å². The summed E-state index contributed by atoms with van der Waals surface area (Å²) < 4.78 is 79.8. The number of rotatable bonds is 16. The Balaban J connectivity index is 0.832. The zero-order valence-electron chi connectivity index (χ0n) is 47.3. The maximum Gasteiger partial charge on any atom is 0.417 e. The first-order valence-corrected chi connectivity index (χ1v) is 28.1. The molecule has 0 spiro atoms. The highest BCUT2D eigenvalue weighted by molar-refractivity contribution is 6.31. The minimum Gasteiger partial charge on any atom is -0.495 e. The lowest BCUT2D eigenvalue weighted by atomic mass is 9.62. The zero-order valence-corrected chi connectivity index (χ0v) is 48.8. The highest BCUT2D eigenvalue weighted by Gasteiger charge is 2.61. The molecule has 0 saturated carbocycles. The maximum atomic E-state index is 16.2. The van der Waals surface area contributed by atoms with Crippen LogP contribution in [0, 0.1) is 28.4 Å². The Morgan fingerprint density at radius 2 is 1.40 bits per heavy atom. The molecular formula is C64H60Cl2F5N9O6. The summed E-state index contributed by atoms with van der Waals surface area (Å²) in [4.78, 5) is 73.2. The number of hydrogen-bond donors (Lipinski definition) is 6. The third-order valence-corrected chi connectivity index (χ3v) is 16.0. The number of likely N-dealkylation sites (N-methyl/N-ethyl adjacent to an activating group) is 1. The molecule has 86 heavy (non-hydrogen) atoms. The molecule has 2 aliphatic rings. The zero-order chi connectivity index (χ0) is 61.8. The van der Waals surface area contributed by atoms with Gasteiger partial charge in [0.15, 0.2) is 0 Å². The highest BCUT2D eigenvalue weighted by atomic mass is 35.5. The fraction of sp³-hybridized carbons (Fsp3) is 0.281. The summed E-state index contributed by atoms with van der Waals surface area (Å²) in [6.45, 7) is 8.74. The second-order valence-corrected chi connectivity index (χ2v) is 23.3. The molecule has 6 aromatic carbocycles. The number of aromatic amines is 1. The number of pyridine rings is 1. The predicted octanol–water partition coefficient (Wildman–Crippen LogP) is 11.5. The molecule has 7 aromatic rings. The number of methoxy groups -OCH3 is 1. The average Bonchev–Trinajstić information content (AvgIpc) is 2.45. The molecule has 446 valence electrons. The molecule has 6 N–H and O–H groups in total. The SMILES string of the molecule is COc1cc(C(=O)NCc2ccc(CNC(=O)c3ccc(-c4ccc(N5CCN(C)CC5)c(NC(=O)c5c[nH]c(=O)cc5C(F)(F)F)c4)cc3)cc2)ccc1NC(=O)[C@@H]1N[C@@H](CC(C)(C)C)[C@](C#N)(c2ccc(Cl)cc2F)[C@H]1c1cccc(Cl)c1F. The van der Waals surface area contributed by atoms with Crippen LogP contribution in [0.15, 0.2) is 138 Å². The van der Waals surface area contributed by atoms with E-state index in [-0.39, 0.29) is 69.3 Å². The lowest BCUT2D eigenvalue weighted by molar-refractivity contribution is -0.138. The van der Waals surface area contributed by atoms with Crippen LogP contribution in [0.25, 0.3) is 11.1 Å².